The molecule has 1 heterocycles. The van der Waals surface area contributed by atoms with Crippen molar-refractivity contribution in [2.75, 3.05) is 14.2 Å². The van der Waals surface area contributed by atoms with Crippen LogP contribution < -0.4 is 0 Å². The quantitative estimate of drug-likeness (QED) is 0.590. The van der Waals surface area contributed by atoms with E-state index in [4.69, 9.17) is 9.94 Å². The number of pyridine rings is 1. The lowest BCUT2D eigenvalue weighted by molar-refractivity contribution is -0.162. The van der Waals surface area contributed by atoms with Crippen LogP contribution in [0.5, 0.6) is 5.75 Å². The van der Waals surface area contributed by atoms with Gasteiger partial charge >= 0.3 is 0 Å². The molecule has 1 amide bonds. The Bertz CT molecular complexity index is 377. The van der Waals surface area contributed by atoms with E-state index in [1.807, 2.05) is 0 Å². The highest BCUT2D eigenvalue weighted by Gasteiger charge is 2.01. The van der Waals surface area contributed by atoms with Crippen molar-refractivity contribution in [3.05, 3.63) is 30.1 Å². The van der Waals surface area contributed by atoms with Gasteiger partial charge in [0, 0.05) is 19.3 Å². The second kappa shape index (κ2) is 5.11. The standard InChI is InChI=1S/C10H12N2O3/c1-12(15-2)10(14)4-3-8-5-9(13)7-11-6-8/h3-7,13H,1-2H3. The highest BCUT2D eigenvalue weighted by Crippen LogP contribution is 2.09. The lowest BCUT2D eigenvalue weighted by Gasteiger charge is -2.09. The Morgan fingerprint density at radius 1 is 1.60 bits per heavy atom. The number of aromatic nitrogens is 1. The first-order valence-corrected chi connectivity index (χ1v) is 4.27. The van der Waals surface area contributed by atoms with Gasteiger partial charge in [-0.25, -0.2) is 5.06 Å². The molecule has 0 aliphatic heterocycles. The maximum atomic E-state index is 11.3. The van der Waals surface area contributed by atoms with E-state index in [9.17, 15) is 4.79 Å². The summed E-state index contributed by atoms with van der Waals surface area (Å²) in [6.07, 6.45) is 5.74. The maximum Gasteiger partial charge on any atom is 0.269 e. The summed E-state index contributed by atoms with van der Waals surface area (Å²) < 4.78 is 0. The molecule has 0 saturated carbocycles. The summed E-state index contributed by atoms with van der Waals surface area (Å²) in [6.45, 7) is 0. The Hall–Kier alpha value is -1.88. The normalized spacial score (nSPS) is 10.5. The van der Waals surface area contributed by atoms with Crippen LogP contribution in [0, 0.1) is 0 Å². The predicted octanol–water partition coefficient (Wildman–Crippen LogP) is 0.820. The summed E-state index contributed by atoms with van der Waals surface area (Å²) in [7, 11) is 2.91. The second-order valence-corrected chi connectivity index (χ2v) is 2.83. The molecule has 0 spiro atoms. The monoisotopic (exact) mass is 208 g/mol. The van der Waals surface area contributed by atoms with Gasteiger partial charge in [0.05, 0.1) is 13.3 Å². The number of hydrogen-bond donors (Lipinski definition) is 1. The van der Waals surface area contributed by atoms with Gasteiger partial charge in [0.15, 0.2) is 0 Å². The molecule has 0 bridgehead atoms. The molecule has 15 heavy (non-hydrogen) atoms. The van der Waals surface area contributed by atoms with Crippen molar-refractivity contribution in [1.29, 1.82) is 0 Å². The molecular weight excluding hydrogens is 196 g/mol. The van der Waals surface area contributed by atoms with Crippen LogP contribution >= 0.6 is 0 Å². The molecule has 0 fully saturated rings. The van der Waals surface area contributed by atoms with Crippen molar-refractivity contribution in [3.8, 4) is 5.75 Å². The van der Waals surface area contributed by atoms with E-state index in [-0.39, 0.29) is 11.7 Å². The summed E-state index contributed by atoms with van der Waals surface area (Å²) in [4.78, 5) is 19.7. The van der Waals surface area contributed by atoms with E-state index in [1.54, 1.807) is 6.08 Å². The lowest BCUT2D eigenvalue weighted by Crippen LogP contribution is -2.22. The van der Waals surface area contributed by atoms with Gasteiger partial charge in [-0.15, -0.1) is 0 Å². The number of likely N-dealkylation sites (N-methyl/N-ethyl adjacent to an activating group) is 1. The summed E-state index contributed by atoms with van der Waals surface area (Å²) in [5.74, 6) is -0.231. The van der Waals surface area contributed by atoms with E-state index in [2.05, 4.69) is 4.98 Å². The zero-order chi connectivity index (χ0) is 11.3. The molecule has 0 aliphatic carbocycles. The predicted molar refractivity (Wildman–Crippen MR) is 54.7 cm³/mol. The van der Waals surface area contributed by atoms with E-state index in [0.717, 1.165) is 5.06 Å². The fourth-order valence-corrected chi connectivity index (χ4v) is 0.899. The smallest absolute Gasteiger partial charge is 0.269 e. The molecule has 0 saturated heterocycles. The average molecular weight is 208 g/mol. The summed E-state index contributed by atoms with van der Waals surface area (Å²) >= 11 is 0. The maximum absolute atomic E-state index is 11.3. The van der Waals surface area contributed by atoms with E-state index >= 15 is 0 Å². The van der Waals surface area contributed by atoms with E-state index < -0.39 is 0 Å². The Kier molecular flexibility index (Phi) is 3.82. The second-order valence-electron chi connectivity index (χ2n) is 2.83. The lowest BCUT2D eigenvalue weighted by atomic mass is 10.2. The zero-order valence-electron chi connectivity index (χ0n) is 8.54. The molecule has 1 rings (SSSR count). The Morgan fingerprint density at radius 2 is 2.33 bits per heavy atom. The molecule has 0 aromatic carbocycles. The molecule has 1 aromatic heterocycles. The number of hydroxylamine groups is 2. The van der Waals surface area contributed by atoms with Crippen molar-refractivity contribution in [2.45, 2.75) is 0 Å². The Labute approximate surface area is 87.6 Å². The van der Waals surface area contributed by atoms with Gasteiger partial charge in [0.2, 0.25) is 0 Å². The Morgan fingerprint density at radius 3 is 2.93 bits per heavy atom. The molecular formula is C10H12N2O3. The first-order chi connectivity index (χ1) is 7.13. The molecule has 1 N–H and O–H groups in total. The number of aromatic hydroxyl groups is 1. The number of hydrogen-bond acceptors (Lipinski definition) is 4. The van der Waals surface area contributed by atoms with E-state index in [0.29, 0.717) is 5.56 Å². The first kappa shape index (κ1) is 11.2. The zero-order valence-corrected chi connectivity index (χ0v) is 8.54. The Balaban J connectivity index is 2.69. The molecule has 0 aliphatic rings. The van der Waals surface area contributed by atoms with Crippen molar-refractivity contribution >= 4 is 12.0 Å². The SMILES string of the molecule is CON(C)C(=O)C=Cc1cncc(O)c1. The third kappa shape index (κ3) is 3.40. The summed E-state index contributed by atoms with van der Waals surface area (Å²) in [5.41, 5.74) is 0.646. The molecule has 80 valence electrons. The average Bonchev–Trinajstić information content (AvgIpc) is 2.25. The van der Waals surface area contributed by atoms with Crippen LogP contribution in [0.3, 0.4) is 0 Å². The van der Waals surface area contributed by atoms with Gasteiger partial charge in [0.1, 0.15) is 5.75 Å². The summed E-state index contributed by atoms with van der Waals surface area (Å²) in [6, 6.07) is 1.50. The minimum absolute atomic E-state index is 0.0599. The van der Waals surface area contributed by atoms with Crippen LogP contribution in [0.25, 0.3) is 6.08 Å². The van der Waals surface area contributed by atoms with Crippen LogP contribution in [0.15, 0.2) is 24.5 Å². The fourth-order valence-electron chi connectivity index (χ4n) is 0.899. The topological polar surface area (TPSA) is 62.7 Å². The van der Waals surface area contributed by atoms with Crippen LogP contribution in [-0.2, 0) is 9.63 Å². The van der Waals surface area contributed by atoms with Gasteiger partial charge in [-0.2, -0.15) is 0 Å². The minimum Gasteiger partial charge on any atom is -0.506 e. The van der Waals surface area contributed by atoms with Crippen LogP contribution in [0.4, 0.5) is 0 Å². The number of carbonyl (C=O) groups is 1. The van der Waals surface area contributed by atoms with Crippen LogP contribution in [0.1, 0.15) is 5.56 Å². The molecule has 5 nitrogen and oxygen atoms in total. The van der Waals surface area contributed by atoms with Crippen LogP contribution in [-0.4, -0.2) is 35.2 Å². The molecule has 0 radical (unpaired) electrons. The van der Waals surface area contributed by atoms with Crippen molar-refractivity contribution in [2.24, 2.45) is 0 Å². The van der Waals surface area contributed by atoms with E-state index in [1.165, 1.54) is 38.7 Å². The largest absolute Gasteiger partial charge is 0.506 e. The number of carbonyl (C=O) groups excluding carboxylic acids is 1. The molecule has 0 unspecified atom stereocenters. The third-order valence-corrected chi connectivity index (χ3v) is 1.75. The summed E-state index contributed by atoms with van der Waals surface area (Å²) in [5, 5.41) is 10.2. The van der Waals surface area contributed by atoms with Gasteiger partial charge in [-0.1, -0.05) is 0 Å². The highest BCUT2D eigenvalue weighted by molar-refractivity contribution is 5.90. The minimum atomic E-state index is -0.291. The van der Waals surface area contributed by atoms with Crippen LogP contribution in [0.2, 0.25) is 0 Å². The number of nitrogens with zero attached hydrogens (tertiary/aromatic N) is 2. The number of amides is 1. The molecule has 0 atom stereocenters. The van der Waals surface area contributed by atoms with Crippen molar-refractivity contribution in [3.63, 3.8) is 0 Å². The van der Waals surface area contributed by atoms with Gasteiger partial charge in [-0.05, 0) is 17.7 Å². The van der Waals surface area contributed by atoms with Crippen molar-refractivity contribution in [1.82, 2.24) is 10.0 Å². The molecule has 5 heteroatoms. The van der Waals surface area contributed by atoms with Crippen molar-refractivity contribution < 1.29 is 14.7 Å². The third-order valence-electron chi connectivity index (χ3n) is 1.75. The highest BCUT2D eigenvalue weighted by atomic mass is 16.7. The molecule has 1 aromatic rings. The number of rotatable bonds is 3. The fraction of sp³-hybridized carbons (Fsp3) is 0.200. The first-order valence-electron chi connectivity index (χ1n) is 4.27. The van der Waals surface area contributed by atoms with Gasteiger partial charge in [-0.3, -0.25) is 14.6 Å². The van der Waals surface area contributed by atoms with Gasteiger partial charge < -0.3 is 5.11 Å². The van der Waals surface area contributed by atoms with Gasteiger partial charge in [0.25, 0.3) is 5.91 Å².